The molecule has 0 unspecified atom stereocenters. The van der Waals surface area contributed by atoms with Crippen LogP contribution in [0.25, 0.3) is 0 Å². The van der Waals surface area contributed by atoms with Gasteiger partial charge in [-0.1, -0.05) is 79.9 Å². The van der Waals surface area contributed by atoms with E-state index in [1.807, 2.05) is 0 Å². The molecular weight excluding hydrogens is 292 g/mol. The molecule has 0 aromatic heterocycles. The van der Waals surface area contributed by atoms with E-state index in [0.717, 1.165) is 13.2 Å². The fraction of sp³-hybridized carbons (Fsp3) is 0.478. The smallest absolute Gasteiger partial charge is 0.0717 e. The molecule has 1 saturated carbocycles. The van der Waals surface area contributed by atoms with Crippen LogP contribution in [0.3, 0.4) is 0 Å². The molecule has 2 aromatic rings. The molecule has 0 bridgehead atoms. The van der Waals surface area contributed by atoms with Crippen LogP contribution in [0.5, 0.6) is 0 Å². The van der Waals surface area contributed by atoms with E-state index in [1.165, 1.54) is 62.5 Å². The molecule has 1 aliphatic carbocycles. The van der Waals surface area contributed by atoms with Crippen molar-refractivity contribution in [1.82, 2.24) is 0 Å². The molecule has 24 heavy (non-hydrogen) atoms. The predicted octanol–water partition coefficient (Wildman–Crippen LogP) is 6.18. The molecule has 1 nitrogen and oxygen atoms in total. The van der Waals surface area contributed by atoms with Crippen molar-refractivity contribution in [2.24, 2.45) is 5.41 Å². The first kappa shape index (κ1) is 17.2. The van der Waals surface area contributed by atoms with Crippen molar-refractivity contribution in [3.63, 3.8) is 0 Å². The van der Waals surface area contributed by atoms with Gasteiger partial charge < -0.3 is 4.74 Å². The second-order valence-electron chi connectivity index (χ2n) is 7.38. The molecule has 0 radical (unpaired) electrons. The van der Waals surface area contributed by atoms with Gasteiger partial charge in [-0.15, -0.1) is 0 Å². The first-order chi connectivity index (χ1) is 11.9. The summed E-state index contributed by atoms with van der Waals surface area (Å²) in [6.07, 6.45) is 10.6. The van der Waals surface area contributed by atoms with E-state index >= 15 is 0 Å². The summed E-state index contributed by atoms with van der Waals surface area (Å²) in [5.41, 5.74) is 3.17. The van der Waals surface area contributed by atoms with Gasteiger partial charge in [0.2, 0.25) is 0 Å². The molecule has 0 N–H and O–H groups in total. The van der Waals surface area contributed by atoms with Gasteiger partial charge in [0.05, 0.1) is 13.2 Å². The van der Waals surface area contributed by atoms with Gasteiger partial charge in [0.15, 0.2) is 0 Å². The highest BCUT2D eigenvalue weighted by molar-refractivity contribution is 5.15. The Hall–Kier alpha value is -1.60. The van der Waals surface area contributed by atoms with Gasteiger partial charge in [0.1, 0.15) is 0 Å². The van der Waals surface area contributed by atoms with E-state index < -0.39 is 0 Å². The van der Waals surface area contributed by atoms with Gasteiger partial charge >= 0.3 is 0 Å². The molecule has 0 heterocycles. The summed E-state index contributed by atoms with van der Waals surface area (Å²) in [5, 5.41) is 0. The third-order valence-electron chi connectivity index (χ3n) is 5.45. The fourth-order valence-electron chi connectivity index (χ4n) is 4.04. The minimum Gasteiger partial charge on any atom is -0.376 e. The lowest BCUT2D eigenvalue weighted by atomic mass is 9.71. The van der Waals surface area contributed by atoms with Crippen LogP contribution >= 0.6 is 0 Å². The van der Waals surface area contributed by atoms with Gasteiger partial charge in [-0.05, 0) is 48.6 Å². The number of aryl methyl sites for hydroxylation is 1. The summed E-state index contributed by atoms with van der Waals surface area (Å²) in [6.45, 7) is 1.68. The molecule has 3 rings (SSSR count). The SMILES string of the molecule is c1ccc(CCCC2(COCc3ccccc3)CCCCC2)cc1. The van der Waals surface area contributed by atoms with E-state index in [0.29, 0.717) is 5.41 Å². The monoisotopic (exact) mass is 322 g/mol. The Morgan fingerprint density at radius 2 is 1.38 bits per heavy atom. The third kappa shape index (κ3) is 5.21. The van der Waals surface area contributed by atoms with Crippen molar-refractivity contribution < 1.29 is 4.74 Å². The highest BCUT2D eigenvalue weighted by Gasteiger charge is 2.31. The summed E-state index contributed by atoms with van der Waals surface area (Å²) in [5.74, 6) is 0. The zero-order chi connectivity index (χ0) is 16.5. The van der Waals surface area contributed by atoms with Gasteiger partial charge in [-0.3, -0.25) is 0 Å². The topological polar surface area (TPSA) is 9.23 Å². The van der Waals surface area contributed by atoms with Crippen LogP contribution < -0.4 is 0 Å². The molecule has 0 aliphatic heterocycles. The Balaban J connectivity index is 1.50. The van der Waals surface area contributed by atoms with Crippen molar-refractivity contribution in [2.75, 3.05) is 6.61 Å². The molecule has 0 spiro atoms. The minimum atomic E-state index is 0.418. The highest BCUT2D eigenvalue weighted by Crippen LogP contribution is 2.41. The quantitative estimate of drug-likeness (QED) is 0.564. The van der Waals surface area contributed by atoms with E-state index in [1.54, 1.807) is 0 Å². The Morgan fingerprint density at radius 1 is 0.750 bits per heavy atom. The maximum Gasteiger partial charge on any atom is 0.0717 e. The molecule has 1 aliphatic rings. The minimum absolute atomic E-state index is 0.418. The van der Waals surface area contributed by atoms with E-state index in [-0.39, 0.29) is 0 Å². The number of hydrogen-bond donors (Lipinski definition) is 0. The first-order valence-electron chi connectivity index (χ1n) is 9.52. The van der Waals surface area contributed by atoms with Crippen LogP contribution in [-0.2, 0) is 17.8 Å². The second kappa shape index (κ2) is 9.03. The molecule has 128 valence electrons. The summed E-state index contributed by atoms with van der Waals surface area (Å²) in [6, 6.07) is 21.5. The van der Waals surface area contributed by atoms with Crippen LogP contribution in [0.2, 0.25) is 0 Å². The molecule has 0 atom stereocenters. The van der Waals surface area contributed by atoms with Crippen molar-refractivity contribution >= 4 is 0 Å². The zero-order valence-electron chi connectivity index (χ0n) is 14.8. The summed E-state index contributed by atoms with van der Waals surface area (Å²) >= 11 is 0. The van der Waals surface area contributed by atoms with Crippen molar-refractivity contribution in [1.29, 1.82) is 0 Å². The molecule has 2 aromatic carbocycles. The summed E-state index contributed by atoms with van der Waals surface area (Å²) < 4.78 is 6.17. The lowest BCUT2D eigenvalue weighted by molar-refractivity contribution is 0.00489. The average Bonchev–Trinajstić information content (AvgIpc) is 2.64. The lowest BCUT2D eigenvalue weighted by Gasteiger charge is -2.37. The first-order valence-corrected chi connectivity index (χ1v) is 9.52. The van der Waals surface area contributed by atoms with Crippen molar-refractivity contribution in [3.8, 4) is 0 Å². The standard InChI is InChI=1S/C23H30O/c1-4-11-21(12-5-1)15-10-18-23(16-8-3-9-17-23)20-24-19-22-13-6-2-7-14-22/h1-2,4-7,11-14H,3,8-10,15-20H2. The molecule has 1 fully saturated rings. The molecule has 0 amide bonds. The van der Waals surface area contributed by atoms with Crippen LogP contribution in [0, 0.1) is 5.41 Å². The van der Waals surface area contributed by atoms with Gasteiger partial charge in [-0.2, -0.15) is 0 Å². The normalized spacial score (nSPS) is 16.8. The predicted molar refractivity (Wildman–Crippen MR) is 101 cm³/mol. The van der Waals surface area contributed by atoms with Crippen LogP contribution in [0.1, 0.15) is 56.1 Å². The summed E-state index contributed by atoms with van der Waals surface area (Å²) in [7, 11) is 0. The average molecular weight is 322 g/mol. The van der Waals surface area contributed by atoms with Crippen LogP contribution in [-0.4, -0.2) is 6.61 Å². The second-order valence-corrected chi connectivity index (χ2v) is 7.38. The Labute approximate surface area is 147 Å². The molecule has 1 heteroatoms. The maximum absolute atomic E-state index is 6.17. The van der Waals surface area contributed by atoms with E-state index in [2.05, 4.69) is 60.7 Å². The Morgan fingerprint density at radius 3 is 2.04 bits per heavy atom. The Bertz CT molecular complexity index is 522. The number of hydrogen-bond acceptors (Lipinski definition) is 1. The zero-order valence-corrected chi connectivity index (χ0v) is 14.8. The maximum atomic E-state index is 6.17. The third-order valence-corrected chi connectivity index (χ3v) is 5.45. The van der Waals surface area contributed by atoms with E-state index in [9.17, 15) is 0 Å². The fourth-order valence-corrected chi connectivity index (χ4v) is 4.04. The molecule has 0 saturated heterocycles. The highest BCUT2D eigenvalue weighted by atomic mass is 16.5. The van der Waals surface area contributed by atoms with Crippen molar-refractivity contribution in [2.45, 2.75) is 58.0 Å². The van der Waals surface area contributed by atoms with Crippen LogP contribution in [0.15, 0.2) is 60.7 Å². The summed E-state index contributed by atoms with van der Waals surface area (Å²) in [4.78, 5) is 0. The van der Waals surface area contributed by atoms with Gasteiger partial charge in [0.25, 0.3) is 0 Å². The number of ether oxygens (including phenoxy) is 1. The van der Waals surface area contributed by atoms with E-state index in [4.69, 9.17) is 4.74 Å². The Kier molecular flexibility index (Phi) is 6.48. The van der Waals surface area contributed by atoms with Gasteiger partial charge in [0, 0.05) is 0 Å². The number of rotatable bonds is 8. The number of benzene rings is 2. The van der Waals surface area contributed by atoms with Crippen molar-refractivity contribution in [3.05, 3.63) is 71.8 Å². The van der Waals surface area contributed by atoms with Gasteiger partial charge in [-0.25, -0.2) is 0 Å². The lowest BCUT2D eigenvalue weighted by Crippen LogP contribution is -2.30. The largest absolute Gasteiger partial charge is 0.376 e. The van der Waals surface area contributed by atoms with Crippen LogP contribution in [0.4, 0.5) is 0 Å². The molecular formula is C23H30O.